The fourth-order valence-electron chi connectivity index (χ4n) is 3.49. The SMILES string of the molecule is CCCC1(CCC)NC(=O)N(Cc2nc(-c3cccc(C)c3)no2)C1=O. The molecule has 138 valence electrons. The second-order valence-corrected chi connectivity index (χ2v) is 6.78. The molecule has 0 aliphatic carbocycles. The predicted octanol–water partition coefficient (Wildman–Crippen LogP) is 3.44. The van der Waals surface area contributed by atoms with Gasteiger partial charge in [-0.2, -0.15) is 4.98 Å². The number of imide groups is 1. The molecule has 0 unspecified atom stereocenters. The number of hydrogen-bond acceptors (Lipinski definition) is 5. The maximum Gasteiger partial charge on any atom is 0.325 e. The molecule has 7 heteroatoms. The number of nitrogens with one attached hydrogen (secondary N) is 1. The molecule has 26 heavy (non-hydrogen) atoms. The van der Waals surface area contributed by atoms with Gasteiger partial charge in [-0.15, -0.1) is 0 Å². The summed E-state index contributed by atoms with van der Waals surface area (Å²) < 4.78 is 5.27. The summed E-state index contributed by atoms with van der Waals surface area (Å²) in [6.45, 7) is 5.98. The number of aromatic nitrogens is 2. The number of amides is 3. The predicted molar refractivity (Wildman–Crippen MR) is 96.1 cm³/mol. The van der Waals surface area contributed by atoms with Gasteiger partial charge in [-0.05, 0) is 25.8 Å². The largest absolute Gasteiger partial charge is 0.337 e. The standard InChI is InChI=1S/C19H24N4O3/c1-4-9-19(10-5-2)17(24)23(18(25)21-19)12-15-20-16(22-26-15)14-8-6-7-13(3)11-14/h6-8,11H,4-5,9-10,12H2,1-3H3,(H,21,25). The Balaban J connectivity index is 1.79. The number of urea groups is 1. The van der Waals surface area contributed by atoms with Crippen molar-refractivity contribution in [3.8, 4) is 11.4 Å². The summed E-state index contributed by atoms with van der Waals surface area (Å²) in [5.74, 6) is 0.486. The Kier molecular flexibility index (Phi) is 5.06. The van der Waals surface area contributed by atoms with Gasteiger partial charge in [0, 0.05) is 5.56 Å². The molecule has 2 aromatic rings. The van der Waals surface area contributed by atoms with Crippen LogP contribution in [0.3, 0.4) is 0 Å². The van der Waals surface area contributed by atoms with Crippen LogP contribution in [0.4, 0.5) is 4.79 Å². The molecule has 3 rings (SSSR count). The molecule has 1 aromatic heterocycles. The zero-order chi connectivity index (χ0) is 18.7. The minimum atomic E-state index is -0.806. The molecule has 1 aromatic carbocycles. The molecule has 1 fully saturated rings. The highest BCUT2D eigenvalue weighted by atomic mass is 16.5. The van der Waals surface area contributed by atoms with Crippen LogP contribution in [0.15, 0.2) is 28.8 Å². The Bertz CT molecular complexity index is 809. The van der Waals surface area contributed by atoms with Crippen LogP contribution < -0.4 is 5.32 Å². The van der Waals surface area contributed by atoms with Gasteiger partial charge in [-0.1, -0.05) is 55.6 Å². The molecule has 0 bridgehead atoms. The lowest BCUT2D eigenvalue weighted by Gasteiger charge is -2.25. The van der Waals surface area contributed by atoms with E-state index in [1.807, 2.05) is 45.0 Å². The highest BCUT2D eigenvalue weighted by Crippen LogP contribution is 2.29. The second-order valence-electron chi connectivity index (χ2n) is 6.78. The Labute approximate surface area is 152 Å². The van der Waals surface area contributed by atoms with Crippen molar-refractivity contribution in [2.75, 3.05) is 0 Å². The molecule has 1 saturated heterocycles. The molecule has 0 atom stereocenters. The first-order chi connectivity index (χ1) is 12.5. The molecular weight excluding hydrogens is 332 g/mol. The fourth-order valence-corrected chi connectivity index (χ4v) is 3.49. The Morgan fingerprint density at radius 2 is 1.92 bits per heavy atom. The van der Waals surface area contributed by atoms with E-state index in [9.17, 15) is 9.59 Å². The highest BCUT2D eigenvalue weighted by Gasteiger charge is 2.50. The van der Waals surface area contributed by atoms with Crippen LogP contribution in [-0.2, 0) is 11.3 Å². The normalized spacial score (nSPS) is 16.2. The van der Waals surface area contributed by atoms with Crippen molar-refractivity contribution < 1.29 is 14.1 Å². The number of rotatable bonds is 7. The van der Waals surface area contributed by atoms with Crippen LogP contribution in [0.2, 0.25) is 0 Å². The highest BCUT2D eigenvalue weighted by molar-refractivity contribution is 6.06. The molecule has 1 aliphatic heterocycles. The topological polar surface area (TPSA) is 88.3 Å². The van der Waals surface area contributed by atoms with Crippen molar-refractivity contribution in [1.29, 1.82) is 0 Å². The first-order valence-corrected chi connectivity index (χ1v) is 9.03. The molecule has 0 saturated carbocycles. The summed E-state index contributed by atoms with van der Waals surface area (Å²) in [7, 11) is 0. The van der Waals surface area contributed by atoms with Crippen molar-refractivity contribution in [3.05, 3.63) is 35.7 Å². The number of carbonyl (C=O) groups excluding carboxylic acids is 2. The molecule has 2 heterocycles. The average molecular weight is 356 g/mol. The van der Waals surface area contributed by atoms with Crippen molar-refractivity contribution >= 4 is 11.9 Å². The molecule has 1 N–H and O–H groups in total. The number of aryl methyl sites for hydroxylation is 1. The quantitative estimate of drug-likeness (QED) is 0.768. The van der Waals surface area contributed by atoms with Crippen molar-refractivity contribution in [3.63, 3.8) is 0 Å². The minimum Gasteiger partial charge on any atom is -0.337 e. The third-order valence-corrected chi connectivity index (χ3v) is 4.64. The van der Waals surface area contributed by atoms with Crippen LogP contribution in [0.1, 0.15) is 51.0 Å². The lowest BCUT2D eigenvalue weighted by atomic mass is 9.88. The summed E-state index contributed by atoms with van der Waals surface area (Å²) >= 11 is 0. The van der Waals surface area contributed by atoms with Crippen LogP contribution in [-0.4, -0.2) is 32.5 Å². The second kappa shape index (κ2) is 7.27. The molecule has 1 aliphatic rings. The first kappa shape index (κ1) is 18.1. The monoisotopic (exact) mass is 356 g/mol. The van der Waals surface area contributed by atoms with Gasteiger partial charge in [0.2, 0.25) is 11.7 Å². The third-order valence-electron chi connectivity index (χ3n) is 4.64. The molecule has 0 spiro atoms. The van der Waals surface area contributed by atoms with E-state index in [1.165, 1.54) is 4.90 Å². The van der Waals surface area contributed by atoms with E-state index >= 15 is 0 Å². The van der Waals surface area contributed by atoms with Crippen LogP contribution >= 0.6 is 0 Å². The van der Waals surface area contributed by atoms with Gasteiger partial charge >= 0.3 is 6.03 Å². The van der Waals surface area contributed by atoms with E-state index in [0.717, 1.165) is 24.0 Å². The van der Waals surface area contributed by atoms with E-state index in [1.54, 1.807) is 0 Å². The third kappa shape index (κ3) is 3.34. The number of hydrogen-bond donors (Lipinski definition) is 1. The zero-order valence-corrected chi connectivity index (χ0v) is 15.4. The Hall–Kier alpha value is -2.70. The Morgan fingerprint density at radius 1 is 1.19 bits per heavy atom. The first-order valence-electron chi connectivity index (χ1n) is 9.03. The zero-order valence-electron chi connectivity index (χ0n) is 15.4. The minimum absolute atomic E-state index is 0.0152. The van der Waals surface area contributed by atoms with E-state index < -0.39 is 11.6 Å². The fraction of sp³-hybridized carbons (Fsp3) is 0.474. The van der Waals surface area contributed by atoms with Gasteiger partial charge in [0.25, 0.3) is 5.91 Å². The summed E-state index contributed by atoms with van der Waals surface area (Å²) in [6.07, 6.45) is 2.89. The van der Waals surface area contributed by atoms with E-state index in [2.05, 4.69) is 15.5 Å². The smallest absolute Gasteiger partial charge is 0.325 e. The molecule has 0 radical (unpaired) electrons. The van der Waals surface area contributed by atoms with Gasteiger partial charge in [-0.3, -0.25) is 9.69 Å². The van der Waals surface area contributed by atoms with Gasteiger partial charge in [0.05, 0.1) is 0 Å². The lowest BCUT2D eigenvalue weighted by molar-refractivity contribution is -0.132. The molecular formula is C19H24N4O3. The van der Waals surface area contributed by atoms with Gasteiger partial charge < -0.3 is 9.84 Å². The van der Waals surface area contributed by atoms with Crippen molar-refractivity contribution in [1.82, 2.24) is 20.4 Å². The maximum absolute atomic E-state index is 12.9. The average Bonchev–Trinajstić information content (AvgIpc) is 3.15. The van der Waals surface area contributed by atoms with Gasteiger partial charge in [0.15, 0.2) is 0 Å². The number of carbonyl (C=O) groups is 2. The number of benzene rings is 1. The van der Waals surface area contributed by atoms with Crippen molar-refractivity contribution in [2.24, 2.45) is 0 Å². The van der Waals surface area contributed by atoms with Crippen molar-refractivity contribution in [2.45, 2.75) is 58.5 Å². The number of nitrogens with zero attached hydrogens (tertiary/aromatic N) is 3. The van der Waals surface area contributed by atoms with Crippen LogP contribution in [0.5, 0.6) is 0 Å². The van der Waals surface area contributed by atoms with Crippen LogP contribution in [0.25, 0.3) is 11.4 Å². The van der Waals surface area contributed by atoms with Gasteiger partial charge in [-0.25, -0.2) is 4.79 Å². The summed E-state index contributed by atoms with van der Waals surface area (Å²) in [4.78, 5) is 30.8. The van der Waals surface area contributed by atoms with E-state index in [-0.39, 0.29) is 18.3 Å². The summed E-state index contributed by atoms with van der Waals surface area (Å²) in [5.41, 5.74) is 1.12. The molecule has 7 nitrogen and oxygen atoms in total. The Morgan fingerprint density at radius 3 is 2.58 bits per heavy atom. The van der Waals surface area contributed by atoms with E-state index in [0.29, 0.717) is 18.7 Å². The lowest BCUT2D eigenvalue weighted by Crippen LogP contribution is -2.46. The molecule has 3 amide bonds. The summed E-state index contributed by atoms with van der Waals surface area (Å²) in [6, 6.07) is 7.35. The van der Waals surface area contributed by atoms with Crippen LogP contribution in [0, 0.1) is 6.92 Å². The van der Waals surface area contributed by atoms with Gasteiger partial charge in [0.1, 0.15) is 12.1 Å². The summed E-state index contributed by atoms with van der Waals surface area (Å²) in [5, 5.41) is 6.86. The van der Waals surface area contributed by atoms with E-state index in [4.69, 9.17) is 4.52 Å². The maximum atomic E-state index is 12.9.